The zero-order valence-corrected chi connectivity index (χ0v) is 19.4. The summed E-state index contributed by atoms with van der Waals surface area (Å²) in [5.74, 6) is 0.947. The Morgan fingerprint density at radius 2 is 1.83 bits per heavy atom. The highest BCUT2D eigenvalue weighted by atomic mass is 127. The maximum atomic E-state index is 12.1. The summed E-state index contributed by atoms with van der Waals surface area (Å²) in [4.78, 5) is 12.1. The number of hydrazone groups is 1. The molecule has 0 aliphatic rings. The molecule has 0 atom stereocenters. The van der Waals surface area contributed by atoms with Gasteiger partial charge in [0.15, 0.2) is 11.5 Å². The molecule has 0 aliphatic carbocycles. The van der Waals surface area contributed by atoms with Crippen molar-refractivity contribution >= 4 is 46.3 Å². The second-order valence-corrected chi connectivity index (χ2v) is 8.11. The summed E-state index contributed by atoms with van der Waals surface area (Å²) >= 11 is 8.03. The van der Waals surface area contributed by atoms with Crippen LogP contribution in [0.2, 0.25) is 5.02 Å². The van der Waals surface area contributed by atoms with Gasteiger partial charge >= 0.3 is 0 Å². The van der Waals surface area contributed by atoms with Crippen molar-refractivity contribution in [3.8, 4) is 11.5 Å². The van der Waals surface area contributed by atoms with Crippen LogP contribution >= 0.6 is 34.2 Å². The minimum Gasteiger partial charge on any atom is -0.493 e. The van der Waals surface area contributed by atoms with E-state index in [1.165, 1.54) is 5.56 Å². The summed E-state index contributed by atoms with van der Waals surface area (Å²) in [6.07, 6.45) is 1.56. The number of carbonyl (C=O) groups excluding carboxylic acids is 1. The molecule has 0 spiro atoms. The highest BCUT2D eigenvalue weighted by Crippen LogP contribution is 2.34. The summed E-state index contributed by atoms with van der Waals surface area (Å²) in [7, 11) is 1.59. The van der Waals surface area contributed by atoms with Crippen LogP contribution in [0.25, 0.3) is 0 Å². The highest BCUT2D eigenvalue weighted by molar-refractivity contribution is 14.1. The van der Waals surface area contributed by atoms with E-state index in [2.05, 4.69) is 52.2 Å². The van der Waals surface area contributed by atoms with Crippen molar-refractivity contribution in [2.45, 2.75) is 13.5 Å². The number of hydrogen-bond acceptors (Lipinski definition) is 4. The lowest BCUT2D eigenvalue weighted by atomic mass is 10.2. The maximum absolute atomic E-state index is 12.1. The number of methoxy groups -OCH3 is 1. The number of rotatable bonds is 7. The molecule has 3 aromatic carbocycles. The first-order valence-corrected chi connectivity index (χ1v) is 10.6. The smallest absolute Gasteiger partial charge is 0.271 e. The van der Waals surface area contributed by atoms with Gasteiger partial charge < -0.3 is 9.47 Å². The van der Waals surface area contributed by atoms with Crippen LogP contribution in [0, 0.1) is 10.5 Å². The fraction of sp³-hybridized carbons (Fsp3) is 0.130. The molecule has 1 N–H and O–H groups in total. The van der Waals surface area contributed by atoms with E-state index in [0.29, 0.717) is 28.7 Å². The quantitative estimate of drug-likeness (QED) is 0.244. The number of amides is 1. The topological polar surface area (TPSA) is 59.9 Å². The summed E-state index contributed by atoms with van der Waals surface area (Å²) in [5.41, 5.74) is 6.04. The van der Waals surface area contributed by atoms with Crippen molar-refractivity contribution in [1.82, 2.24) is 5.43 Å². The zero-order chi connectivity index (χ0) is 21.5. The van der Waals surface area contributed by atoms with Gasteiger partial charge in [-0.05, 0) is 77.0 Å². The van der Waals surface area contributed by atoms with Gasteiger partial charge in [0.2, 0.25) is 0 Å². The lowest BCUT2D eigenvalue weighted by molar-refractivity contribution is 0.0955. The Morgan fingerprint density at radius 1 is 1.13 bits per heavy atom. The van der Waals surface area contributed by atoms with Crippen molar-refractivity contribution in [1.29, 1.82) is 0 Å². The Hall–Kier alpha value is -2.58. The molecule has 0 saturated heterocycles. The number of aryl methyl sites for hydroxylation is 1. The van der Waals surface area contributed by atoms with E-state index in [4.69, 9.17) is 21.1 Å². The maximum Gasteiger partial charge on any atom is 0.271 e. The molecular weight excluding hydrogens is 515 g/mol. The number of nitrogens with zero attached hydrogens (tertiary/aromatic N) is 1. The lowest BCUT2D eigenvalue weighted by Gasteiger charge is -2.13. The van der Waals surface area contributed by atoms with Gasteiger partial charge in [-0.25, -0.2) is 5.43 Å². The van der Waals surface area contributed by atoms with Crippen molar-refractivity contribution in [3.63, 3.8) is 0 Å². The molecular formula is C23H20ClIN2O3. The summed E-state index contributed by atoms with van der Waals surface area (Å²) in [5, 5.41) is 4.60. The molecule has 154 valence electrons. The third kappa shape index (κ3) is 5.96. The second kappa shape index (κ2) is 10.4. The minimum absolute atomic E-state index is 0.317. The number of carbonyl (C=O) groups is 1. The van der Waals surface area contributed by atoms with E-state index < -0.39 is 0 Å². The average molecular weight is 535 g/mol. The van der Waals surface area contributed by atoms with Crippen LogP contribution in [0.4, 0.5) is 0 Å². The summed E-state index contributed by atoms with van der Waals surface area (Å²) in [6.45, 7) is 2.49. The van der Waals surface area contributed by atoms with Gasteiger partial charge in [-0.3, -0.25) is 4.79 Å². The van der Waals surface area contributed by atoms with Gasteiger partial charge in [-0.1, -0.05) is 41.4 Å². The molecule has 0 aromatic heterocycles. The third-order valence-electron chi connectivity index (χ3n) is 4.24. The Labute approximate surface area is 194 Å². The SMILES string of the molecule is COc1cc(/C=N\NC(=O)c2ccc(Cl)cc2)cc(I)c1OCc1ccc(C)cc1. The van der Waals surface area contributed by atoms with Crippen LogP contribution in [0.1, 0.15) is 27.0 Å². The Bertz CT molecular complexity index is 1050. The number of halogens is 2. The van der Waals surface area contributed by atoms with E-state index in [-0.39, 0.29) is 5.91 Å². The van der Waals surface area contributed by atoms with Crippen LogP contribution < -0.4 is 14.9 Å². The molecule has 0 bridgehead atoms. The molecule has 0 heterocycles. The van der Waals surface area contributed by atoms with E-state index in [1.54, 1.807) is 37.6 Å². The molecule has 3 aromatic rings. The van der Waals surface area contributed by atoms with Gasteiger partial charge in [-0.15, -0.1) is 0 Å². The summed E-state index contributed by atoms with van der Waals surface area (Å²) < 4.78 is 12.4. The molecule has 0 radical (unpaired) electrons. The monoisotopic (exact) mass is 534 g/mol. The molecule has 0 saturated carbocycles. The van der Waals surface area contributed by atoms with Crippen molar-refractivity contribution in [3.05, 3.63) is 91.5 Å². The van der Waals surface area contributed by atoms with Gasteiger partial charge in [0.1, 0.15) is 6.61 Å². The fourth-order valence-electron chi connectivity index (χ4n) is 2.63. The largest absolute Gasteiger partial charge is 0.493 e. The van der Waals surface area contributed by atoms with Gasteiger partial charge in [0.25, 0.3) is 5.91 Å². The Morgan fingerprint density at radius 3 is 2.50 bits per heavy atom. The predicted octanol–water partition coefficient (Wildman–Crippen LogP) is 5.60. The van der Waals surface area contributed by atoms with E-state index in [9.17, 15) is 4.79 Å². The minimum atomic E-state index is -0.317. The van der Waals surface area contributed by atoms with Crippen molar-refractivity contribution in [2.24, 2.45) is 5.10 Å². The molecule has 0 aliphatic heterocycles. The van der Waals surface area contributed by atoms with E-state index in [1.807, 2.05) is 24.3 Å². The number of nitrogens with one attached hydrogen (secondary N) is 1. The third-order valence-corrected chi connectivity index (χ3v) is 5.29. The number of benzene rings is 3. The van der Waals surface area contributed by atoms with Gasteiger partial charge in [-0.2, -0.15) is 5.10 Å². The molecule has 30 heavy (non-hydrogen) atoms. The number of hydrogen-bond donors (Lipinski definition) is 1. The van der Waals surface area contributed by atoms with E-state index in [0.717, 1.165) is 14.7 Å². The lowest BCUT2D eigenvalue weighted by Crippen LogP contribution is -2.17. The molecule has 0 unspecified atom stereocenters. The first-order valence-electron chi connectivity index (χ1n) is 9.11. The van der Waals surface area contributed by atoms with Crippen LogP contribution in [-0.2, 0) is 6.61 Å². The summed E-state index contributed by atoms with van der Waals surface area (Å²) in [6, 6.07) is 18.5. The van der Waals surface area contributed by atoms with Gasteiger partial charge in [0, 0.05) is 10.6 Å². The molecule has 1 amide bonds. The highest BCUT2D eigenvalue weighted by Gasteiger charge is 2.12. The Kier molecular flexibility index (Phi) is 7.70. The van der Waals surface area contributed by atoms with Crippen molar-refractivity contribution in [2.75, 3.05) is 7.11 Å². The normalized spacial score (nSPS) is 10.8. The molecule has 0 fully saturated rings. The zero-order valence-electron chi connectivity index (χ0n) is 16.5. The Balaban J connectivity index is 1.68. The van der Waals surface area contributed by atoms with Crippen LogP contribution in [0.15, 0.2) is 65.8 Å². The molecule has 3 rings (SSSR count). The molecule has 7 heteroatoms. The standard InChI is InChI=1S/C23H20ClIN2O3/c1-15-3-5-16(6-4-15)14-30-22-20(25)11-17(12-21(22)29-2)13-26-27-23(28)18-7-9-19(24)10-8-18/h3-13H,14H2,1-2H3,(H,27,28)/b26-13-. The predicted molar refractivity (Wildman–Crippen MR) is 128 cm³/mol. The van der Waals surface area contributed by atoms with Crippen LogP contribution in [-0.4, -0.2) is 19.2 Å². The first kappa shape index (κ1) is 22.1. The second-order valence-electron chi connectivity index (χ2n) is 6.51. The van der Waals surface area contributed by atoms with Crippen molar-refractivity contribution < 1.29 is 14.3 Å². The fourth-order valence-corrected chi connectivity index (χ4v) is 3.53. The molecule has 5 nitrogen and oxygen atoms in total. The average Bonchev–Trinajstić information content (AvgIpc) is 2.74. The van der Waals surface area contributed by atoms with Crippen LogP contribution in [0.3, 0.4) is 0 Å². The van der Waals surface area contributed by atoms with Crippen LogP contribution in [0.5, 0.6) is 11.5 Å². The number of ether oxygens (including phenoxy) is 2. The van der Waals surface area contributed by atoms with E-state index >= 15 is 0 Å². The van der Waals surface area contributed by atoms with Gasteiger partial charge in [0.05, 0.1) is 16.9 Å². The first-order chi connectivity index (χ1) is 14.5.